The van der Waals surface area contributed by atoms with E-state index in [1.807, 2.05) is 52.2 Å². The van der Waals surface area contributed by atoms with E-state index in [1.165, 1.54) is 0 Å². The SMILES string of the molecule is CC(C)Oc1ccccc1N1CC(C(=O)NCCCN(C)C)CC1=O. The Kier molecular flexibility index (Phi) is 6.82. The Hall–Kier alpha value is -2.08. The minimum Gasteiger partial charge on any atom is -0.489 e. The van der Waals surface area contributed by atoms with Crippen LogP contribution in [0.4, 0.5) is 5.69 Å². The number of hydrogen-bond donors (Lipinski definition) is 1. The molecule has 1 aromatic carbocycles. The lowest BCUT2D eigenvalue weighted by atomic mass is 10.1. The molecule has 1 aliphatic heterocycles. The summed E-state index contributed by atoms with van der Waals surface area (Å²) in [7, 11) is 4.01. The van der Waals surface area contributed by atoms with Crippen LogP contribution in [0.3, 0.4) is 0 Å². The molecule has 0 aromatic heterocycles. The number of benzene rings is 1. The average molecular weight is 347 g/mol. The summed E-state index contributed by atoms with van der Waals surface area (Å²) in [4.78, 5) is 28.5. The summed E-state index contributed by atoms with van der Waals surface area (Å²) in [6, 6.07) is 7.49. The number of anilines is 1. The van der Waals surface area contributed by atoms with Crippen molar-refractivity contribution in [2.24, 2.45) is 5.92 Å². The highest BCUT2D eigenvalue weighted by molar-refractivity contribution is 6.01. The number of hydrogen-bond acceptors (Lipinski definition) is 4. The summed E-state index contributed by atoms with van der Waals surface area (Å²) < 4.78 is 5.80. The number of rotatable bonds is 8. The Balaban J connectivity index is 1.97. The van der Waals surface area contributed by atoms with Gasteiger partial charge in [0.25, 0.3) is 0 Å². The molecule has 1 atom stereocenters. The normalized spacial score (nSPS) is 17.4. The van der Waals surface area contributed by atoms with Crippen molar-refractivity contribution in [3.63, 3.8) is 0 Å². The molecule has 6 heteroatoms. The largest absolute Gasteiger partial charge is 0.489 e. The molecular weight excluding hydrogens is 318 g/mol. The van der Waals surface area contributed by atoms with Crippen molar-refractivity contribution < 1.29 is 14.3 Å². The van der Waals surface area contributed by atoms with Gasteiger partial charge in [-0.15, -0.1) is 0 Å². The first kappa shape index (κ1) is 19.2. The Bertz CT molecular complexity index is 601. The van der Waals surface area contributed by atoms with Crippen LogP contribution < -0.4 is 15.0 Å². The van der Waals surface area contributed by atoms with Gasteiger partial charge in [-0.2, -0.15) is 0 Å². The first-order valence-electron chi connectivity index (χ1n) is 8.87. The molecule has 0 spiro atoms. The van der Waals surface area contributed by atoms with E-state index < -0.39 is 0 Å². The minimum absolute atomic E-state index is 0.0228. The van der Waals surface area contributed by atoms with E-state index >= 15 is 0 Å². The zero-order chi connectivity index (χ0) is 18.4. The molecule has 2 rings (SSSR count). The fourth-order valence-electron chi connectivity index (χ4n) is 2.90. The molecule has 138 valence electrons. The summed E-state index contributed by atoms with van der Waals surface area (Å²) in [5.41, 5.74) is 0.740. The standard InChI is InChI=1S/C19H29N3O3/c1-14(2)25-17-9-6-5-8-16(17)22-13-15(12-18(22)23)19(24)20-10-7-11-21(3)4/h5-6,8-9,14-15H,7,10-13H2,1-4H3,(H,20,24). The van der Waals surface area contributed by atoms with E-state index in [4.69, 9.17) is 4.74 Å². The molecule has 1 heterocycles. The van der Waals surface area contributed by atoms with Gasteiger partial charge in [-0.25, -0.2) is 0 Å². The molecule has 0 saturated carbocycles. The Morgan fingerprint density at radius 3 is 2.76 bits per heavy atom. The van der Waals surface area contributed by atoms with Gasteiger partial charge in [0.15, 0.2) is 0 Å². The van der Waals surface area contributed by atoms with Crippen molar-refractivity contribution in [2.75, 3.05) is 38.6 Å². The Morgan fingerprint density at radius 2 is 2.08 bits per heavy atom. The second-order valence-electron chi connectivity index (χ2n) is 6.99. The van der Waals surface area contributed by atoms with E-state index in [0.717, 1.165) is 18.7 Å². The molecule has 0 aliphatic carbocycles. The predicted octanol–water partition coefficient (Wildman–Crippen LogP) is 1.89. The van der Waals surface area contributed by atoms with Crippen LogP contribution in [0.15, 0.2) is 24.3 Å². The van der Waals surface area contributed by atoms with Crippen LogP contribution in [0.1, 0.15) is 26.7 Å². The second-order valence-corrected chi connectivity index (χ2v) is 6.99. The van der Waals surface area contributed by atoms with Crippen LogP contribution in [0.2, 0.25) is 0 Å². The Labute approximate surface area is 150 Å². The summed E-state index contributed by atoms with van der Waals surface area (Å²) in [5.74, 6) is 0.293. The highest BCUT2D eigenvalue weighted by Gasteiger charge is 2.36. The topological polar surface area (TPSA) is 61.9 Å². The van der Waals surface area contributed by atoms with Gasteiger partial charge in [0.05, 0.1) is 17.7 Å². The molecular formula is C19H29N3O3. The molecule has 0 bridgehead atoms. The van der Waals surface area contributed by atoms with Crippen molar-refractivity contribution in [1.82, 2.24) is 10.2 Å². The Morgan fingerprint density at radius 1 is 1.36 bits per heavy atom. The van der Waals surface area contributed by atoms with Gasteiger partial charge in [0.2, 0.25) is 11.8 Å². The molecule has 1 fully saturated rings. The molecule has 1 N–H and O–H groups in total. The minimum atomic E-state index is -0.307. The third kappa shape index (κ3) is 5.46. The summed E-state index contributed by atoms with van der Waals surface area (Å²) in [6.45, 7) is 5.86. The van der Waals surface area contributed by atoms with E-state index in [9.17, 15) is 9.59 Å². The van der Waals surface area contributed by atoms with Crippen LogP contribution in [-0.4, -0.2) is 56.5 Å². The van der Waals surface area contributed by atoms with Gasteiger partial charge in [0, 0.05) is 19.5 Å². The number of carbonyl (C=O) groups excluding carboxylic acids is 2. The van der Waals surface area contributed by atoms with Crippen molar-refractivity contribution in [3.8, 4) is 5.75 Å². The number of nitrogens with one attached hydrogen (secondary N) is 1. The first-order valence-corrected chi connectivity index (χ1v) is 8.87. The van der Waals surface area contributed by atoms with Crippen molar-refractivity contribution >= 4 is 17.5 Å². The maximum Gasteiger partial charge on any atom is 0.227 e. The van der Waals surface area contributed by atoms with Crippen LogP contribution in [0.5, 0.6) is 5.75 Å². The van der Waals surface area contributed by atoms with Gasteiger partial charge in [0.1, 0.15) is 5.75 Å². The average Bonchev–Trinajstić information content (AvgIpc) is 2.93. The number of amides is 2. The maximum atomic E-state index is 12.4. The first-order chi connectivity index (χ1) is 11.9. The molecule has 2 amide bonds. The molecule has 1 saturated heterocycles. The van der Waals surface area contributed by atoms with Crippen LogP contribution in [0.25, 0.3) is 0 Å². The maximum absolute atomic E-state index is 12.4. The molecule has 25 heavy (non-hydrogen) atoms. The van der Waals surface area contributed by atoms with Crippen LogP contribution >= 0.6 is 0 Å². The van der Waals surface area contributed by atoms with Crippen molar-refractivity contribution in [3.05, 3.63) is 24.3 Å². The van der Waals surface area contributed by atoms with E-state index in [0.29, 0.717) is 18.8 Å². The predicted molar refractivity (Wildman–Crippen MR) is 98.8 cm³/mol. The van der Waals surface area contributed by atoms with Crippen LogP contribution in [-0.2, 0) is 9.59 Å². The number of ether oxygens (including phenoxy) is 1. The molecule has 1 aromatic rings. The summed E-state index contributed by atoms with van der Waals surface area (Å²) in [5, 5.41) is 2.94. The molecule has 6 nitrogen and oxygen atoms in total. The third-order valence-corrected chi connectivity index (χ3v) is 4.10. The zero-order valence-corrected chi connectivity index (χ0v) is 15.6. The number of para-hydroxylation sites is 2. The molecule has 0 radical (unpaired) electrons. The van der Waals surface area contributed by atoms with Gasteiger partial charge in [-0.1, -0.05) is 12.1 Å². The third-order valence-electron chi connectivity index (χ3n) is 4.10. The van der Waals surface area contributed by atoms with E-state index in [-0.39, 0.29) is 30.3 Å². The number of nitrogens with zero attached hydrogens (tertiary/aromatic N) is 2. The van der Waals surface area contributed by atoms with E-state index in [2.05, 4.69) is 10.2 Å². The molecule has 1 unspecified atom stereocenters. The lowest BCUT2D eigenvalue weighted by Gasteiger charge is -2.21. The smallest absolute Gasteiger partial charge is 0.227 e. The van der Waals surface area contributed by atoms with Gasteiger partial charge >= 0.3 is 0 Å². The van der Waals surface area contributed by atoms with Crippen molar-refractivity contribution in [1.29, 1.82) is 0 Å². The summed E-state index contributed by atoms with van der Waals surface area (Å²) >= 11 is 0. The van der Waals surface area contributed by atoms with Gasteiger partial charge in [-0.05, 0) is 53.0 Å². The second kappa shape index (κ2) is 8.85. The lowest BCUT2D eigenvalue weighted by Crippen LogP contribution is -2.34. The van der Waals surface area contributed by atoms with Crippen molar-refractivity contribution in [2.45, 2.75) is 32.8 Å². The molecule has 1 aliphatic rings. The van der Waals surface area contributed by atoms with Gasteiger partial charge in [-0.3, -0.25) is 9.59 Å². The highest BCUT2D eigenvalue weighted by Crippen LogP contribution is 2.33. The fraction of sp³-hybridized carbons (Fsp3) is 0.579. The zero-order valence-electron chi connectivity index (χ0n) is 15.6. The number of carbonyl (C=O) groups is 2. The van der Waals surface area contributed by atoms with E-state index in [1.54, 1.807) is 4.90 Å². The summed E-state index contributed by atoms with van der Waals surface area (Å²) in [6.07, 6.45) is 1.17. The fourth-order valence-corrected chi connectivity index (χ4v) is 2.90. The lowest BCUT2D eigenvalue weighted by molar-refractivity contribution is -0.126. The quantitative estimate of drug-likeness (QED) is 0.730. The highest BCUT2D eigenvalue weighted by atomic mass is 16.5. The monoisotopic (exact) mass is 347 g/mol. The van der Waals surface area contributed by atoms with Gasteiger partial charge < -0.3 is 19.9 Å². The van der Waals surface area contributed by atoms with Crippen LogP contribution in [0, 0.1) is 5.92 Å².